The van der Waals surface area contributed by atoms with Crippen LogP contribution in [0.25, 0.3) is 10.9 Å². The van der Waals surface area contributed by atoms with Crippen molar-refractivity contribution in [2.24, 2.45) is 0 Å². The number of anilines is 1. The van der Waals surface area contributed by atoms with Crippen molar-refractivity contribution in [3.63, 3.8) is 0 Å². The normalized spacial score (nSPS) is 10.9. The molecule has 1 aromatic heterocycles. The smallest absolute Gasteiger partial charge is 0.158 e. The first-order valence-electron chi connectivity index (χ1n) is 4.86. The molecule has 0 amide bonds. The molecule has 1 radical (unpaired) electrons. The molecule has 79 valence electrons. The average Bonchev–Trinajstić information content (AvgIpc) is 2.60. The fraction of sp³-hybridized carbons (Fsp3) is 0.273. The Hall–Kier alpha value is -1.58. The second-order valence-electron chi connectivity index (χ2n) is 3.51. The first-order valence-corrected chi connectivity index (χ1v) is 4.86. The van der Waals surface area contributed by atoms with E-state index in [4.69, 9.17) is 0 Å². The molecule has 1 heterocycles. The summed E-state index contributed by atoms with van der Waals surface area (Å²) in [5, 5.41) is 7.92. The zero-order chi connectivity index (χ0) is 10.8. The Morgan fingerprint density at radius 1 is 1.53 bits per heavy atom. The number of H-pyrrole nitrogens is 1. The van der Waals surface area contributed by atoms with Gasteiger partial charge < -0.3 is 4.90 Å². The van der Waals surface area contributed by atoms with Gasteiger partial charge in [-0.2, -0.15) is 5.10 Å². The first-order chi connectivity index (χ1) is 7.22. The molecular formula is C11H13FN3. The highest BCUT2D eigenvalue weighted by atomic mass is 19.1. The molecule has 0 fully saturated rings. The first kappa shape index (κ1) is 9.96. The highest BCUT2D eigenvalue weighted by Gasteiger charge is 2.09. The highest BCUT2D eigenvalue weighted by Crippen LogP contribution is 2.23. The van der Waals surface area contributed by atoms with Crippen molar-refractivity contribution < 1.29 is 4.39 Å². The predicted molar refractivity (Wildman–Crippen MR) is 59.3 cm³/mol. The van der Waals surface area contributed by atoms with Gasteiger partial charge in [0.05, 0.1) is 5.52 Å². The minimum absolute atomic E-state index is 0.252. The summed E-state index contributed by atoms with van der Waals surface area (Å²) in [4.78, 5) is 2.00. The maximum atomic E-state index is 12.9. The van der Waals surface area contributed by atoms with Crippen molar-refractivity contribution in [1.82, 2.24) is 10.2 Å². The fourth-order valence-electron chi connectivity index (χ4n) is 1.61. The molecule has 0 atom stereocenters. The molecule has 1 N–H and O–H groups in total. The van der Waals surface area contributed by atoms with Gasteiger partial charge in [0.2, 0.25) is 0 Å². The number of hydrogen-bond donors (Lipinski definition) is 1. The highest BCUT2D eigenvalue weighted by molar-refractivity contribution is 5.89. The standard InChI is InChI=1S/C11H13FN3/c1-3-6-15(2)11-9-5-4-8(12)7-10(9)13-14-11/h4-5,7H,1,3,6H2,2H3,(H,13,14). The number of halogens is 1. The lowest BCUT2D eigenvalue weighted by atomic mass is 10.2. The molecular weight excluding hydrogens is 193 g/mol. The number of rotatable bonds is 3. The van der Waals surface area contributed by atoms with Crippen LogP contribution in [-0.4, -0.2) is 23.8 Å². The number of nitrogens with zero attached hydrogens (tertiary/aromatic N) is 2. The van der Waals surface area contributed by atoms with Gasteiger partial charge in [-0.3, -0.25) is 5.10 Å². The Morgan fingerprint density at radius 2 is 2.33 bits per heavy atom. The van der Waals surface area contributed by atoms with Gasteiger partial charge in [-0.05, 0) is 24.6 Å². The number of nitrogens with one attached hydrogen (secondary N) is 1. The SMILES string of the molecule is [CH2]CCN(C)c1n[nH]c2cc(F)ccc12. The lowest BCUT2D eigenvalue weighted by molar-refractivity contribution is 0.629. The van der Waals surface area contributed by atoms with E-state index < -0.39 is 0 Å². The van der Waals surface area contributed by atoms with E-state index in [2.05, 4.69) is 17.1 Å². The third-order valence-corrected chi connectivity index (χ3v) is 2.36. The summed E-state index contributed by atoms with van der Waals surface area (Å²) in [6.45, 7) is 4.62. The quantitative estimate of drug-likeness (QED) is 0.836. The largest absolute Gasteiger partial charge is 0.358 e. The van der Waals surface area contributed by atoms with Crippen molar-refractivity contribution >= 4 is 16.7 Å². The Balaban J connectivity index is 2.44. The molecule has 0 saturated carbocycles. The van der Waals surface area contributed by atoms with Crippen molar-refractivity contribution in [2.45, 2.75) is 6.42 Å². The van der Waals surface area contributed by atoms with Crippen LogP contribution in [0.2, 0.25) is 0 Å². The minimum atomic E-state index is -0.252. The molecule has 3 nitrogen and oxygen atoms in total. The van der Waals surface area contributed by atoms with Gasteiger partial charge in [-0.25, -0.2) is 4.39 Å². The summed E-state index contributed by atoms with van der Waals surface area (Å²) in [5.41, 5.74) is 0.723. The number of aromatic nitrogens is 2. The molecule has 2 rings (SSSR count). The van der Waals surface area contributed by atoms with Crippen LogP contribution in [0.1, 0.15) is 6.42 Å². The molecule has 0 aliphatic heterocycles. The van der Waals surface area contributed by atoms with Gasteiger partial charge in [-0.15, -0.1) is 0 Å². The van der Waals surface area contributed by atoms with Crippen molar-refractivity contribution in [1.29, 1.82) is 0 Å². The van der Waals surface area contributed by atoms with E-state index in [0.29, 0.717) is 0 Å². The summed E-state index contributed by atoms with van der Waals surface area (Å²) >= 11 is 0. The summed E-state index contributed by atoms with van der Waals surface area (Å²) in [5.74, 6) is 0.589. The van der Waals surface area contributed by atoms with E-state index in [1.165, 1.54) is 12.1 Å². The predicted octanol–water partition coefficient (Wildman–Crippen LogP) is 2.36. The van der Waals surface area contributed by atoms with E-state index in [-0.39, 0.29) is 5.82 Å². The summed E-state index contributed by atoms with van der Waals surface area (Å²) < 4.78 is 12.9. The summed E-state index contributed by atoms with van der Waals surface area (Å²) in [6, 6.07) is 4.63. The van der Waals surface area contributed by atoms with Crippen LogP contribution < -0.4 is 4.90 Å². The van der Waals surface area contributed by atoms with E-state index in [0.717, 1.165) is 29.7 Å². The van der Waals surface area contributed by atoms with E-state index in [1.54, 1.807) is 6.07 Å². The van der Waals surface area contributed by atoms with Crippen LogP contribution in [0.3, 0.4) is 0 Å². The van der Waals surface area contributed by atoms with E-state index >= 15 is 0 Å². The molecule has 0 unspecified atom stereocenters. The maximum absolute atomic E-state index is 12.9. The van der Waals surface area contributed by atoms with Gasteiger partial charge in [0.15, 0.2) is 5.82 Å². The molecule has 15 heavy (non-hydrogen) atoms. The van der Waals surface area contributed by atoms with Gasteiger partial charge in [0, 0.05) is 19.0 Å². The fourth-order valence-corrected chi connectivity index (χ4v) is 1.61. The van der Waals surface area contributed by atoms with Crippen LogP contribution in [-0.2, 0) is 0 Å². The monoisotopic (exact) mass is 206 g/mol. The van der Waals surface area contributed by atoms with Crippen LogP contribution in [0, 0.1) is 12.7 Å². The van der Waals surface area contributed by atoms with Crippen LogP contribution in [0.4, 0.5) is 10.2 Å². The van der Waals surface area contributed by atoms with E-state index in [1.807, 2.05) is 11.9 Å². The third-order valence-electron chi connectivity index (χ3n) is 2.36. The Kier molecular flexibility index (Phi) is 2.58. The second-order valence-corrected chi connectivity index (χ2v) is 3.51. The number of hydrogen-bond acceptors (Lipinski definition) is 2. The third kappa shape index (κ3) is 1.79. The Morgan fingerprint density at radius 3 is 3.07 bits per heavy atom. The topological polar surface area (TPSA) is 31.9 Å². The zero-order valence-electron chi connectivity index (χ0n) is 8.63. The lowest BCUT2D eigenvalue weighted by Gasteiger charge is -2.14. The zero-order valence-corrected chi connectivity index (χ0v) is 8.63. The van der Waals surface area contributed by atoms with Crippen LogP contribution in [0.15, 0.2) is 18.2 Å². The van der Waals surface area contributed by atoms with Crippen molar-refractivity contribution in [3.05, 3.63) is 30.9 Å². The Bertz CT molecular complexity index is 464. The average molecular weight is 206 g/mol. The van der Waals surface area contributed by atoms with Gasteiger partial charge in [0.1, 0.15) is 5.82 Å². The van der Waals surface area contributed by atoms with Crippen molar-refractivity contribution in [2.75, 3.05) is 18.5 Å². The molecule has 0 aliphatic rings. The van der Waals surface area contributed by atoms with Crippen molar-refractivity contribution in [3.8, 4) is 0 Å². The van der Waals surface area contributed by atoms with Gasteiger partial charge in [0.25, 0.3) is 0 Å². The minimum Gasteiger partial charge on any atom is -0.358 e. The summed E-state index contributed by atoms with van der Waals surface area (Å²) in [7, 11) is 1.95. The molecule has 0 bridgehead atoms. The molecule has 1 aromatic carbocycles. The van der Waals surface area contributed by atoms with E-state index in [9.17, 15) is 4.39 Å². The molecule has 4 heteroatoms. The second kappa shape index (κ2) is 3.88. The molecule has 2 aromatic rings. The maximum Gasteiger partial charge on any atom is 0.158 e. The van der Waals surface area contributed by atoms with Gasteiger partial charge in [-0.1, -0.05) is 6.92 Å². The Labute approximate surface area is 87.9 Å². The molecule has 0 spiro atoms. The molecule has 0 saturated heterocycles. The number of benzene rings is 1. The summed E-state index contributed by atoms with van der Waals surface area (Å²) in [6.07, 6.45) is 0.812. The molecule has 0 aliphatic carbocycles. The lowest BCUT2D eigenvalue weighted by Crippen LogP contribution is -2.18. The number of fused-ring (bicyclic) bond motifs is 1. The van der Waals surface area contributed by atoms with Crippen LogP contribution >= 0.6 is 0 Å². The number of aromatic amines is 1. The van der Waals surface area contributed by atoms with Crippen LogP contribution in [0.5, 0.6) is 0 Å². The van der Waals surface area contributed by atoms with Gasteiger partial charge >= 0.3 is 0 Å².